The molecule has 0 bridgehead atoms. The Balaban J connectivity index is 2.22. The number of amides is 1. The summed E-state index contributed by atoms with van der Waals surface area (Å²) in [5.74, 6) is 0.533. The lowest BCUT2D eigenvalue weighted by atomic mass is 9.77. The normalized spacial score (nSPS) is 16.7. The molecule has 0 atom stereocenters. The number of nitrogens with two attached hydrogens (primary N) is 1. The molecule has 1 saturated carbocycles. The molecule has 1 aromatic carbocycles. The molecule has 1 aromatic rings. The predicted molar refractivity (Wildman–Crippen MR) is 84.6 cm³/mol. The van der Waals surface area contributed by atoms with E-state index in [1.165, 1.54) is 0 Å². The van der Waals surface area contributed by atoms with E-state index in [2.05, 4.69) is 25.2 Å². The molecule has 1 aliphatic rings. The quantitative estimate of drug-likeness (QED) is 0.828. The summed E-state index contributed by atoms with van der Waals surface area (Å²) in [6, 6.07) is 7.11. The van der Waals surface area contributed by atoms with Gasteiger partial charge < -0.3 is 11.1 Å². The number of rotatable bonds is 4. The van der Waals surface area contributed by atoms with E-state index < -0.39 is 0 Å². The summed E-state index contributed by atoms with van der Waals surface area (Å²) < 4.78 is 0. The van der Waals surface area contributed by atoms with E-state index in [1.54, 1.807) is 18.2 Å². The highest BCUT2D eigenvalue weighted by Crippen LogP contribution is 2.44. The topological polar surface area (TPSA) is 78.9 Å². The average molecular weight is 285 g/mol. The molecular formula is C17H23N3O. The Bertz CT molecular complexity index is 566. The minimum atomic E-state index is -0.276. The van der Waals surface area contributed by atoms with Crippen molar-refractivity contribution in [1.29, 1.82) is 5.26 Å². The first-order valence-corrected chi connectivity index (χ1v) is 7.58. The number of anilines is 2. The summed E-state index contributed by atoms with van der Waals surface area (Å²) in [4.78, 5) is 12.8. The zero-order chi connectivity index (χ0) is 15.5. The maximum atomic E-state index is 12.8. The van der Waals surface area contributed by atoms with Crippen molar-refractivity contribution >= 4 is 17.3 Å². The number of hydrogen-bond donors (Lipinski definition) is 2. The summed E-state index contributed by atoms with van der Waals surface area (Å²) in [7, 11) is 0. The second-order valence-corrected chi connectivity index (χ2v) is 6.46. The Kier molecular flexibility index (Phi) is 4.52. The van der Waals surface area contributed by atoms with Crippen molar-refractivity contribution < 1.29 is 4.79 Å². The van der Waals surface area contributed by atoms with Crippen LogP contribution in [0.15, 0.2) is 18.2 Å². The van der Waals surface area contributed by atoms with Gasteiger partial charge in [0.25, 0.3) is 0 Å². The molecule has 4 heteroatoms. The van der Waals surface area contributed by atoms with Crippen LogP contribution >= 0.6 is 0 Å². The number of nitrogens with one attached hydrogen (secondary N) is 1. The molecule has 0 saturated heterocycles. The van der Waals surface area contributed by atoms with Gasteiger partial charge in [-0.3, -0.25) is 4.79 Å². The van der Waals surface area contributed by atoms with Crippen molar-refractivity contribution in [1.82, 2.24) is 0 Å². The molecule has 0 heterocycles. The molecule has 1 fully saturated rings. The molecule has 1 amide bonds. The molecule has 4 nitrogen and oxygen atoms in total. The van der Waals surface area contributed by atoms with Crippen LogP contribution < -0.4 is 11.1 Å². The third-order valence-electron chi connectivity index (χ3n) is 4.25. The molecule has 21 heavy (non-hydrogen) atoms. The van der Waals surface area contributed by atoms with Crippen molar-refractivity contribution in [2.75, 3.05) is 11.1 Å². The van der Waals surface area contributed by atoms with Gasteiger partial charge in [-0.05, 0) is 43.4 Å². The maximum Gasteiger partial charge on any atom is 0.230 e. The van der Waals surface area contributed by atoms with Gasteiger partial charge >= 0.3 is 0 Å². The fourth-order valence-electron chi connectivity index (χ4n) is 3.38. The fraction of sp³-hybridized carbons (Fsp3) is 0.529. The van der Waals surface area contributed by atoms with Crippen LogP contribution in [0, 0.1) is 22.7 Å². The number of benzene rings is 1. The molecule has 2 rings (SSSR count). The van der Waals surface area contributed by atoms with Gasteiger partial charge in [0.15, 0.2) is 0 Å². The van der Waals surface area contributed by atoms with Crippen LogP contribution in [0.5, 0.6) is 0 Å². The third-order valence-corrected chi connectivity index (χ3v) is 4.25. The lowest BCUT2D eigenvalue weighted by Crippen LogP contribution is -2.35. The van der Waals surface area contributed by atoms with Crippen molar-refractivity contribution in [2.24, 2.45) is 11.3 Å². The van der Waals surface area contributed by atoms with Gasteiger partial charge in [-0.25, -0.2) is 0 Å². The van der Waals surface area contributed by atoms with Crippen molar-refractivity contribution in [3.63, 3.8) is 0 Å². The van der Waals surface area contributed by atoms with Gasteiger partial charge in [0.05, 0.1) is 11.3 Å². The summed E-state index contributed by atoms with van der Waals surface area (Å²) in [6.45, 7) is 4.30. The monoisotopic (exact) mass is 285 g/mol. The number of nitrogen functional groups attached to an aromatic ring is 1. The van der Waals surface area contributed by atoms with Crippen LogP contribution in [0.4, 0.5) is 11.4 Å². The Hall–Kier alpha value is -2.02. The Labute approximate surface area is 126 Å². The smallest absolute Gasteiger partial charge is 0.230 e. The van der Waals surface area contributed by atoms with E-state index in [9.17, 15) is 10.1 Å². The van der Waals surface area contributed by atoms with Crippen molar-refractivity contribution in [2.45, 2.75) is 46.0 Å². The van der Waals surface area contributed by atoms with Gasteiger partial charge in [0.2, 0.25) is 5.91 Å². The second-order valence-electron chi connectivity index (χ2n) is 6.46. The van der Waals surface area contributed by atoms with E-state index in [0.717, 1.165) is 32.1 Å². The zero-order valence-electron chi connectivity index (χ0n) is 12.8. The summed E-state index contributed by atoms with van der Waals surface area (Å²) in [6.07, 6.45) is 4.98. The molecule has 0 aliphatic heterocycles. The third kappa shape index (κ3) is 3.36. The summed E-state index contributed by atoms with van der Waals surface area (Å²) >= 11 is 0. The van der Waals surface area contributed by atoms with Crippen molar-refractivity contribution in [3.8, 4) is 6.07 Å². The van der Waals surface area contributed by atoms with Crippen LogP contribution in [-0.4, -0.2) is 5.91 Å². The highest BCUT2D eigenvalue weighted by Gasteiger charge is 2.41. The number of hydrogen-bond acceptors (Lipinski definition) is 3. The van der Waals surface area contributed by atoms with E-state index >= 15 is 0 Å². The average Bonchev–Trinajstić information content (AvgIpc) is 2.89. The van der Waals surface area contributed by atoms with E-state index in [0.29, 0.717) is 22.9 Å². The molecular weight excluding hydrogens is 262 g/mol. The largest absolute Gasteiger partial charge is 0.399 e. The summed E-state index contributed by atoms with van der Waals surface area (Å²) in [5.41, 5.74) is 6.92. The Morgan fingerprint density at radius 1 is 1.43 bits per heavy atom. The number of nitrogens with zero attached hydrogens (tertiary/aromatic N) is 1. The maximum absolute atomic E-state index is 12.8. The molecule has 112 valence electrons. The molecule has 0 spiro atoms. The van der Waals surface area contributed by atoms with Crippen LogP contribution in [0.2, 0.25) is 0 Å². The van der Waals surface area contributed by atoms with Gasteiger partial charge in [-0.1, -0.05) is 26.7 Å². The lowest BCUT2D eigenvalue weighted by Gasteiger charge is -2.29. The molecule has 0 radical (unpaired) electrons. The van der Waals surface area contributed by atoms with Crippen LogP contribution in [0.25, 0.3) is 0 Å². The molecule has 1 aliphatic carbocycles. The first kappa shape index (κ1) is 15.4. The zero-order valence-corrected chi connectivity index (χ0v) is 12.8. The van der Waals surface area contributed by atoms with E-state index in [-0.39, 0.29) is 11.3 Å². The highest BCUT2D eigenvalue weighted by atomic mass is 16.2. The minimum absolute atomic E-state index is 0.0509. The standard InChI is InChI=1S/C17H23N3O/c1-12(2)10-17(7-3-4-8-17)16(21)20-15-6-5-14(19)9-13(15)11-18/h5-6,9,12H,3-4,7-8,10,19H2,1-2H3,(H,20,21). The van der Waals surface area contributed by atoms with Gasteiger partial charge in [-0.15, -0.1) is 0 Å². The first-order valence-electron chi connectivity index (χ1n) is 7.58. The Morgan fingerprint density at radius 2 is 2.10 bits per heavy atom. The lowest BCUT2D eigenvalue weighted by molar-refractivity contribution is -0.126. The van der Waals surface area contributed by atoms with E-state index in [4.69, 9.17) is 5.73 Å². The Morgan fingerprint density at radius 3 is 2.67 bits per heavy atom. The minimum Gasteiger partial charge on any atom is -0.399 e. The molecule has 0 aromatic heterocycles. The SMILES string of the molecule is CC(C)CC1(C(=O)Nc2ccc(N)cc2C#N)CCCC1. The second kappa shape index (κ2) is 6.17. The van der Waals surface area contributed by atoms with Crippen LogP contribution in [-0.2, 0) is 4.79 Å². The van der Waals surface area contributed by atoms with E-state index in [1.807, 2.05) is 0 Å². The number of carbonyl (C=O) groups excluding carboxylic acids is 1. The predicted octanol–water partition coefficient (Wildman–Crippen LogP) is 3.69. The van der Waals surface area contributed by atoms with Crippen molar-refractivity contribution in [3.05, 3.63) is 23.8 Å². The fourth-order valence-corrected chi connectivity index (χ4v) is 3.38. The molecule has 3 N–H and O–H groups in total. The van der Waals surface area contributed by atoms with Gasteiger partial charge in [0.1, 0.15) is 6.07 Å². The van der Waals surface area contributed by atoms with Gasteiger partial charge in [0, 0.05) is 11.1 Å². The molecule has 0 unspecified atom stereocenters. The van der Waals surface area contributed by atoms with Gasteiger partial charge in [-0.2, -0.15) is 5.26 Å². The number of carbonyl (C=O) groups is 1. The van der Waals surface area contributed by atoms with Crippen LogP contribution in [0.1, 0.15) is 51.5 Å². The first-order chi connectivity index (χ1) is 9.97. The number of nitriles is 1. The van der Waals surface area contributed by atoms with Crippen LogP contribution in [0.3, 0.4) is 0 Å². The highest BCUT2D eigenvalue weighted by molar-refractivity contribution is 5.96. The summed E-state index contributed by atoms with van der Waals surface area (Å²) in [5, 5.41) is 12.1.